The Labute approximate surface area is 129 Å². The van der Waals surface area contributed by atoms with Crippen molar-refractivity contribution in [3.8, 4) is 0 Å². The number of amides is 1. The van der Waals surface area contributed by atoms with Crippen LogP contribution in [0.2, 0.25) is 0 Å². The van der Waals surface area contributed by atoms with Gasteiger partial charge in [-0.05, 0) is 25.3 Å². The van der Waals surface area contributed by atoms with Gasteiger partial charge in [0, 0.05) is 23.3 Å². The van der Waals surface area contributed by atoms with E-state index in [0.29, 0.717) is 18.4 Å². The smallest absolute Gasteiger partial charge is 0.221 e. The molecule has 118 valence electrons. The molecule has 1 aliphatic carbocycles. The highest BCUT2D eigenvalue weighted by molar-refractivity contribution is 7.94. The minimum Gasteiger partial charge on any atom is -0.346 e. The van der Waals surface area contributed by atoms with Crippen molar-refractivity contribution in [3.05, 3.63) is 47.1 Å². The summed E-state index contributed by atoms with van der Waals surface area (Å²) in [7, 11) is -3.16. The van der Waals surface area contributed by atoms with Gasteiger partial charge in [0.25, 0.3) is 0 Å². The molecule has 0 saturated heterocycles. The lowest BCUT2D eigenvalue weighted by Crippen LogP contribution is -2.51. The molecule has 1 N–H and O–H groups in total. The van der Waals surface area contributed by atoms with Crippen molar-refractivity contribution >= 4 is 15.7 Å². The van der Waals surface area contributed by atoms with Crippen molar-refractivity contribution in [2.45, 2.75) is 31.2 Å². The number of allylic oxidation sites excluding steroid dienone is 1. The van der Waals surface area contributed by atoms with E-state index in [2.05, 4.69) is 5.32 Å². The fourth-order valence-corrected chi connectivity index (χ4v) is 4.56. The molecule has 3 rings (SSSR count). The molecule has 1 heterocycles. The zero-order chi connectivity index (χ0) is 15.8. The monoisotopic (exact) mass is 323 g/mol. The predicted octanol–water partition coefficient (Wildman–Crippen LogP) is 2.27. The maximum atomic E-state index is 14.0. The van der Waals surface area contributed by atoms with E-state index in [1.165, 1.54) is 11.5 Å². The van der Waals surface area contributed by atoms with Crippen molar-refractivity contribution in [2.75, 3.05) is 5.75 Å². The van der Waals surface area contributed by atoms with E-state index >= 15 is 0 Å². The first-order chi connectivity index (χ1) is 10.4. The van der Waals surface area contributed by atoms with Crippen LogP contribution in [0, 0.1) is 11.7 Å². The Morgan fingerprint density at radius 2 is 2.05 bits per heavy atom. The largest absolute Gasteiger partial charge is 0.346 e. The number of halogens is 1. The van der Waals surface area contributed by atoms with Gasteiger partial charge in [0.05, 0.1) is 11.3 Å². The molecule has 6 heteroatoms. The van der Waals surface area contributed by atoms with Crippen molar-refractivity contribution in [1.82, 2.24) is 5.32 Å². The second-order valence-electron chi connectivity index (χ2n) is 6.09. The van der Waals surface area contributed by atoms with Crippen LogP contribution in [0.1, 0.15) is 31.2 Å². The SMILES string of the molecule is O=C(CC1C=CS(=O)(=O)C1)NC1(c2ccccc2F)CCC1. The van der Waals surface area contributed by atoms with Gasteiger partial charge in [-0.25, -0.2) is 12.8 Å². The molecule has 0 radical (unpaired) electrons. The minimum atomic E-state index is -3.16. The second-order valence-corrected chi connectivity index (χ2v) is 8.02. The molecule has 0 spiro atoms. The van der Waals surface area contributed by atoms with Crippen LogP contribution in [0.15, 0.2) is 35.7 Å². The maximum absolute atomic E-state index is 14.0. The molecule has 1 aromatic carbocycles. The summed E-state index contributed by atoms with van der Waals surface area (Å²) in [6.07, 6.45) is 4.03. The Hall–Kier alpha value is -1.69. The molecule has 1 amide bonds. The summed E-state index contributed by atoms with van der Waals surface area (Å²) < 4.78 is 36.8. The first-order valence-electron chi connectivity index (χ1n) is 7.37. The summed E-state index contributed by atoms with van der Waals surface area (Å²) in [5.41, 5.74) is -0.118. The molecular weight excluding hydrogens is 305 g/mol. The molecule has 1 saturated carbocycles. The molecular formula is C16H18FNO3S. The van der Waals surface area contributed by atoms with Crippen LogP contribution in [0.4, 0.5) is 4.39 Å². The van der Waals surface area contributed by atoms with Crippen molar-refractivity contribution in [2.24, 2.45) is 5.92 Å². The van der Waals surface area contributed by atoms with Gasteiger partial charge in [0.2, 0.25) is 5.91 Å². The van der Waals surface area contributed by atoms with Gasteiger partial charge in [-0.15, -0.1) is 0 Å². The number of nitrogens with one attached hydrogen (secondary N) is 1. The van der Waals surface area contributed by atoms with E-state index in [9.17, 15) is 17.6 Å². The third-order valence-corrected chi connectivity index (χ3v) is 5.89. The first kappa shape index (κ1) is 15.2. The molecule has 22 heavy (non-hydrogen) atoms. The minimum absolute atomic E-state index is 0.0207. The Morgan fingerprint density at radius 1 is 1.32 bits per heavy atom. The van der Waals surface area contributed by atoms with E-state index in [1.807, 2.05) is 0 Å². The lowest BCUT2D eigenvalue weighted by molar-refractivity contribution is -0.124. The Morgan fingerprint density at radius 3 is 2.59 bits per heavy atom. The Balaban J connectivity index is 1.70. The fourth-order valence-electron chi connectivity index (χ4n) is 3.16. The molecule has 1 fully saturated rings. The summed E-state index contributed by atoms with van der Waals surface area (Å²) in [5, 5.41) is 4.10. The molecule has 1 unspecified atom stereocenters. The number of rotatable bonds is 4. The van der Waals surface area contributed by atoms with E-state index in [4.69, 9.17) is 0 Å². The zero-order valence-corrected chi connectivity index (χ0v) is 12.9. The van der Waals surface area contributed by atoms with Gasteiger partial charge in [0.15, 0.2) is 9.84 Å². The van der Waals surface area contributed by atoms with Gasteiger partial charge in [-0.1, -0.05) is 24.3 Å². The lowest BCUT2D eigenvalue weighted by Gasteiger charge is -2.43. The number of hydrogen-bond acceptors (Lipinski definition) is 3. The normalized spacial score (nSPS) is 24.7. The topological polar surface area (TPSA) is 63.2 Å². The molecule has 1 aromatic rings. The summed E-state index contributed by atoms with van der Waals surface area (Å²) in [5.74, 6) is -0.851. The average molecular weight is 323 g/mol. The molecule has 1 atom stereocenters. The lowest BCUT2D eigenvalue weighted by atomic mass is 9.71. The maximum Gasteiger partial charge on any atom is 0.221 e. The van der Waals surface area contributed by atoms with Crippen molar-refractivity contribution in [1.29, 1.82) is 0 Å². The highest BCUT2D eigenvalue weighted by atomic mass is 32.2. The highest BCUT2D eigenvalue weighted by Gasteiger charge is 2.42. The van der Waals surface area contributed by atoms with E-state index in [1.54, 1.807) is 24.3 Å². The van der Waals surface area contributed by atoms with Crippen LogP contribution < -0.4 is 5.32 Å². The number of carbonyl (C=O) groups is 1. The average Bonchev–Trinajstić information content (AvgIpc) is 2.74. The Kier molecular flexibility index (Phi) is 3.80. The standard InChI is InChI=1S/C16H18FNO3S/c17-14-5-2-1-4-13(14)16(7-3-8-16)18-15(19)10-12-6-9-22(20,21)11-12/h1-2,4-6,9,12H,3,7-8,10-11H2,(H,18,19). The van der Waals surface area contributed by atoms with Crippen LogP contribution in [0.5, 0.6) is 0 Å². The van der Waals surface area contributed by atoms with E-state index in [0.717, 1.165) is 6.42 Å². The van der Waals surface area contributed by atoms with Crippen LogP contribution in [-0.4, -0.2) is 20.1 Å². The number of sulfone groups is 1. The zero-order valence-electron chi connectivity index (χ0n) is 12.1. The van der Waals surface area contributed by atoms with E-state index in [-0.39, 0.29) is 29.8 Å². The van der Waals surface area contributed by atoms with Crippen LogP contribution >= 0.6 is 0 Å². The quantitative estimate of drug-likeness (QED) is 0.924. The predicted molar refractivity (Wildman–Crippen MR) is 81.1 cm³/mol. The van der Waals surface area contributed by atoms with Crippen molar-refractivity contribution < 1.29 is 17.6 Å². The second kappa shape index (κ2) is 5.50. The highest BCUT2D eigenvalue weighted by Crippen LogP contribution is 2.42. The molecule has 1 aliphatic heterocycles. The van der Waals surface area contributed by atoms with Gasteiger partial charge in [-0.2, -0.15) is 0 Å². The first-order valence-corrected chi connectivity index (χ1v) is 9.09. The summed E-state index contributed by atoms with van der Waals surface area (Å²) >= 11 is 0. The third kappa shape index (κ3) is 2.92. The van der Waals surface area contributed by atoms with Crippen LogP contribution in [-0.2, 0) is 20.2 Å². The van der Waals surface area contributed by atoms with Gasteiger partial charge in [0.1, 0.15) is 5.82 Å². The van der Waals surface area contributed by atoms with E-state index < -0.39 is 15.4 Å². The Bertz CT molecular complexity index is 723. The van der Waals surface area contributed by atoms with Gasteiger partial charge in [-0.3, -0.25) is 4.79 Å². The number of hydrogen-bond donors (Lipinski definition) is 1. The third-order valence-electron chi connectivity index (χ3n) is 4.43. The summed E-state index contributed by atoms with van der Waals surface area (Å²) in [6, 6.07) is 6.49. The van der Waals surface area contributed by atoms with Gasteiger partial charge >= 0.3 is 0 Å². The van der Waals surface area contributed by atoms with Crippen LogP contribution in [0.3, 0.4) is 0 Å². The van der Waals surface area contributed by atoms with Crippen molar-refractivity contribution in [3.63, 3.8) is 0 Å². The molecule has 4 nitrogen and oxygen atoms in total. The molecule has 0 aromatic heterocycles. The van der Waals surface area contributed by atoms with Crippen LogP contribution in [0.25, 0.3) is 0 Å². The number of carbonyl (C=O) groups excluding carboxylic acids is 1. The summed E-state index contributed by atoms with van der Waals surface area (Å²) in [6.45, 7) is 0. The van der Waals surface area contributed by atoms with Gasteiger partial charge < -0.3 is 5.32 Å². The summed E-state index contributed by atoms with van der Waals surface area (Å²) in [4.78, 5) is 12.2. The molecule has 2 aliphatic rings. The molecule has 0 bridgehead atoms. The fraction of sp³-hybridized carbons (Fsp3) is 0.438. The number of benzene rings is 1.